The maximum Gasteiger partial charge on any atom is 0.0578 e. The summed E-state index contributed by atoms with van der Waals surface area (Å²) in [4.78, 5) is 0. The van der Waals surface area contributed by atoms with Gasteiger partial charge in [-0.25, -0.2) is 0 Å². The average molecular weight is 155 g/mol. The lowest BCUT2D eigenvalue weighted by Crippen LogP contribution is -2.26. The van der Waals surface area contributed by atoms with Gasteiger partial charge >= 0.3 is 0 Å². The van der Waals surface area contributed by atoms with Crippen LogP contribution in [0.5, 0.6) is 0 Å². The Balaban J connectivity index is 3.19. The highest BCUT2D eigenvalue weighted by Crippen LogP contribution is 1.93. The van der Waals surface area contributed by atoms with E-state index in [1.54, 1.807) is 0 Å². The van der Waals surface area contributed by atoms with E-state index in [0.29, 0.717) is 6.04 Å². The molecule has 0 rings (SSSR count). The number of aliphatic hydroxyl groups is 1. The van der Waals surface area contributed by atoms with E-state index in [2.05, 4.69) is 24.1 Å². The summed E-state index contributed by atoms with van der Waals surface area (Å²) in [6.45, 7) is 4.97. The summed E-state index contributed by atoms with van der Waals surface area (Å²) in [5.74, 6) is 5.75. The van der Waals surface area contributed by atoms with Gasteiger partial charge in [0.25, 0.3) is 0 Å². The van der Waals surface area contributed by atoms with Gasteiger partial charge in [0.15, 0.2) is 0 Å². The van der Waals surface area contributed by atoms with Crippen LogP contribution in [0.1, 0.15) is 26.7 Å². The number of hydrogen-bond acceptors (Lipinski definition) is 2. The van der Waals surface area contributed by atoms with E-state index < -0.39 is 0 Å². The normalized spacial score (nSPS) is 11.9. The molecule has 2 N–H and O–H groups in total. The quantitative estimate of drug-likeness (QED) is 0.574. The lowest BCUT2D eigenvalue weighted by Gasteiger charge is -2.09. The van der Waals surface area contributed by atoms with Crippen LogP contribution in [0.2, 0.25) is 0 Å². The molecule has 64 valence electrons. The number of nitrogens with one attached hydrogen (secondary N) is 1. The standard InChI is InChI=1S/C9H17NO/c1-3-4-7-10-9(2)6-5-8-11/h9-11H,5-8H2,1-2H3. The maximum atomic E-state index is 8.53. The summed E-state index contributed by atoms with van der Waals surface area (Å²) < 4.78 is 0. The van der Waals surface area contributed by atoms with E-state index in [1.807, 2.05) is 6.92 Å². The predicted molar refractivity (Wildman–Crippen MR) is 47.2 cm³/mol. The highest BCUT2D eigenvalue weighted by molar-refractivity contribution is 4.97. The van der Waals surface area contributed by atoms with Gasteiger partial charge in [0.2, 0.25) is 0 Å². The van der Waals surface area contributed by atoms with Crippen molar-refractivity contribution in [3.63, 3.8) is 0 Å². The van der Waals surface area contributed by atoms with Crippen LogP contribution in [0.25, 0.3) is 0 Å². The second-order valence-electron chi connectivity index (χ2n) is 2.57. The first kappa shape index (κ1) is 10.5. The maximum absolute atomic E-state index is 8.53. The minimum Gasteiger partial charge on any atom is -0.396 e. The molecule has 0 saturated heterocycles. The first-order valence-corrected chi connectivity index (χ1v) is 4.05. The highest BCUT2D eigenvalue weighted by atomic mass is 16.2. The molecule has 0 radical (unpaired) electrons. The molecular formula is C9H17NO. The van der Waals surface area contributed by atoms with Gasteiger partial charge in [-0.1, -0.05) is 5.92 Å². The predicted octanol–water partition coefficient (Wildman–Crippen LogP) is 0.760. The number of hydrogen-bond donors (Lipinski definition) is 2. The molecule has 2 heteroatoms. The van der Waals surface area contributed by atoms with Crippen molar-refractivity contribution in [3.8, 4) is 11.8 Å². The van der Waals surface area contributed by atoms with Crippen LogP contribution in [-0.2, 0) is 0 Å². The van der Waals surface area contributed by atoms with Crippen LogP contribution in [0, 0.1) is 11.8 Å². The molecule has 0 amide bonds. The lowest BCUT2D eigenvalue weighted by atomic mass is 10.2. The molecule has 0 saturated carbocycles. The second kappa shape index (κ2) is 7.59. The van der Waals surface area contributed by atoms with Gasteiger partial charge in [-0.3, -0.25) is 0 Å². The monoisotopic (exact) mass is 155 g/mol. The largest absolute Gasteiger partial charge is 0.396 e. The molecule has 0 bridgehead atoms. The van der Waals surface area contributed by atoms with Gasteiger partial charge in [-0.05, 0) is 26.7 Å². The molecule has 0 heterocycles. The molecule has 0 aliphatic rings. The molecule has 0 aliphatic heterocycles. The Labute approximate surface area is 69.0 Å². The molecule has 0 fully saturated rings. The van der Waals surface area contributed by atoms with Gasteiger partial charge in [-0.2, -0.15) is 0 Å². The fraction of sp³-hybridized carbons (Fsp3) is 0.778. The molecule has 2 nitrogen and oxygen atoms in total. The first-order chi connectivity index (χ1) is 5.31. The minimum atomic E-state index is 0.283. The summed E-state index contributed by atoms with van der Waals surface area (Å²) in [6, 6.07) is 0.461. The van der Waals surface area contributed by atoms with Crippen LogP contribution in [0.15, 0.2) is 0 Å². The second-order valence-corrected chi connectivity index (χ2v) is 2.57. The van der Waals surface area contributed by atoms with E-state index in [0.717, 1.165) is 19.4 Å². The summed E-state index contributed by atoms with van der Waals surface area (Å²) in [7, 11) is 0. The minimum absolute atomic E-state index is 0.283. The van der Waals surface area contributed by atoms with Crippen LogP contribution in [-0.4, -0.2) is 24.3 Å². The Morgan fingerprint density at radius 1 is 1.55 bits per heavy atom. The molecule has 0 spiro atoms. The number of rotatable bonds is 5. The Morgan fingerprint density at radius 3 is 2.82 bits per heavy atom. The Kier molecular flexibility index (Phi) is 7.23. The first-order valence-electron chi connectivity index (χ1n) is 4.05. The van der Waals surface area contributed by atoms with Crippen molar-refractivity contribution in [2.75, 3.05) is 13.2 Å². The van der Waals surface area contributed by atoms with E-state index in [1.165, 1.54) is 0 Å². The van der Waals surface area contributed by atoms with Crippen molar-refractivity contribution in [1.82, 2.24) is 5.32 Å². The summed E-state index contributed by atoms with van der Waals surface area (Å²) >= 11 is 0. The summed E-state index contributed by atoms with van der Waals surface area (Å²) in [5.41, 5.74) is 0. The molecule has 11 heavy (non-hydrogen) atoms. The van der Waals surface area contributed by atoms with Gasteiger partial charge < -0.3 is 10.4 Å². The lowest BCUT2D eigenvalue weighted by molar-refractivity contribution is 0.277. The fourth-order valence-corrected chi connectivity index (χ4v) is 0.813. The molecule has 0 aliphatic carbocycles. The van der Waals surface area contributed by atoms with Crippen LogP contribution >= 0.6 is 0 Å². The van der Waals surface area contributed by atoms with E-state index in [9.17, 15) is 0 Å². The van der Waals surface area contributed by atoms with Crippen LogP contribution in [0.4, 0.5) is 0 Å². The van der Waals surface area contributed by atoms with Gasteiger partial charge in [0.05, 0.1) is 6.54 Å². The zero-order chi connectivity index (χ0) is 8.53. The summed E-state index contributed by atoms with van der Waals surface area (Å²) in [6.07, 6.45) is 1.88. The molecule has 0 aromatic rings. The average Bonchev–Trinajstić information content (AvgIpc) is 2.01. The Morgan fingerprint density at radius 2 is 2.27 bits per heavy atom. The zero-order valence-corrected chi connectivity index (χ0v) is 7.35. The van der Waals surface area contributed by atoms with Crippen molar-refractivity contribution in [3.05, 3.63) is 0 Å². The molecular weight excluding hydrogens is 138 g/mol. The summed E-state index contributed by atoms with van der Waals surface area (Å²) in [5, 5.41) is 11.8. The Hall–Kier alpha value is -0.520. The Bertz CT molecular complexity index is 134. The third-order valence-corrected chi connectivity index (χ3v) is 1.51. The smallest absolute Gasteiger partial charge is 0.0578 e. The van der Waals surface area contributed by atoms with Gasteiger partial charge in [0, 0.05) is 12.6 Å². The zero-order valence-electron chi connectivity index (χ0n) is 7.35. The molecule has 0 aromatic heterocycles. The molecule has 1 atom stereocenters. The van der Waals surface area contributed by atoms with Crippen molar-refractivity contribution in [1.29, 1.82) is 0 Å². The van der Waals surface area contributed by atoms with E-state index in [4.69, 9.17) is 5.11 Å². The number of aliphatic hydroxyl groups excluding tert-OH is 1. The van der Waals surface area contributed by atoms with Crippen molar-refractivity contribution in [2.24, 2.45) is 0 Å². The third-order valence-electron chi connectivity index (χ3n) is 1.51. The van der Waals surface area contributed by atoms with E-state index >= 15 is 0 Å². The fourth-order valence-electron chi connectivity index (χ4n) is 0.813. The van der Waals surface area contributed by atoms with Crippen molar-refractivity contribution in [2.45, 2.75) is 32.7 Å². The third kappa shape index (κ3) is 7.38. The van der Waals surface area contributed by atoms with Crippen molar-refractivity contribution >= 4 is 0 Å². The van der Waals surface area contributed by atoms with Crippen molar-refractivity contribution < 1.29 is 5.11 Å². The molecule has 0 aromatic carbocycles. The van der Waals surface area contributed by atoms with Crippen LogP contribution in [0.3, 0.4) is 0 Å². The molecule has 1 unspecified atom stereocenters. The SMILES string of the molecule is CC#CCNC(C)CCCO. The van der Waals surface area contributed by atoms with Gasteiger partial charge in [-0.15, -0.1) is 5.92 Å². The topological polar surface area (TPSA) is 32.3 Å². The van der Waals surface area contributed by atoms with E-state index in [-0.39, 0.29) is 6.61 Å². The van der Waals surface area contributed by atoms with Gasteiger partial charge in [0.1, 0.15) is 0 Å². The highest BCUT2D eigenvalue weighted by Gasteiger charge is 1.97. The van der Waals surface area contributed by atoms with Crippen LogP contribution < -0.4 is 5.32 Å².